The Kier molecular flexibility index (Phi) is 14.1. The molecule has 0 radical (unpaired) electrons. The number of carbonyl (C=O) groups is 3. The van der Waals surface area contributed by atoms with Gasteiger partial charge in [0, 0.05) is 31.2 Å². The fraction of sp³-hybridized carbons (Fsp3) is 0.870. The standard InChI is InChI=1S/C23H42N2O3S/c1-4-7-9-10-11-12-13-16-25-21(26)18-20(23(25)28)29-17-15-24-22(27)19(6-3)14-8-5-2/h19-20H,4-18H2,1-3H3,(H,24,27). The summed E-state index contributed by atoms with van der Waals surface area (Å²) in [5.74, 6) is 0.813. The number of unbranched alkanes of at least 4 members (excludes halogenated alkanes) is 7. The molecule has 0 saturated carbocycles. The topological polar surface area (TPSA) is 66.5 Å². The molecule has 0 aromatic rings. The number of carbonyl (C=O) groups excluding carboxylic acids is 3. The highest BCUT2D eigenvalue weighted by atomic mass is 32.2. The lowest BCUT2D eigenvalue weighted by molar-refractivity contribution is -0.138. The first kappa shape index (κ1) is 26.0. The highest BCUT2D eigenvalue weighted by molar-refractivity contribution is 8.00. The largest absolute Gasteiger partial charge is 0.355 e. The minimum absolute atomic E-state index is 0.0341. The van der Waals surface area contributed by atoms with Crippen molar-refractivity contribution in [1.29, 1.82) is 0 Å². The van der Waals surface area contributed by atoms with Crippen molar-refractivity contribution in [1.82, 2.24) is 10.2 Å². The lowest BCUT2D eigenvalue weighted by Gasteiger charge is -2.16. The zero-order chi connectivity index (χ0) is 21.5. The maximum Gasteiger partial charge on any atom is 0.242 e. The van der Waals surface area contributed by atoms with Crippen LogP contribution in [-0.2, 0) is 14.4 Å². The lowest BCUT2D eigenvalue weighted by atomic mass is 9.98. The van der Waals surface area contributed by atoms with Crippen molar-refractivity contribution in [2.24, 2.45) is 5.92 Å². The molecule has 29 heavy (non-hydrogen) atoms. The second-order valence-corrected chi connectivity index (χ2v) is 9.42. The molecule has 6 heteroatoms. The van der Waals surface area contributed by atoms with E-state index in [0.717, 1.165) is 38.5 Å². The van der Waals surface area contributed by atoms with Gasteiger partial charge in [-0.15, -0.1) is 11.8 Å². The van der Waals surface area contributed by atoms with Crippen LogP contribution in [0.1, 0.15) is 97.8 Å². The second-order valence-electron chi connectivity index (χ2n) is 8.11. The lowest BCUT2D eigenvalue weighted by Crippen LogP contribution is -2.33. The number of nitrogens with one attached hydrogen (secondary N) is 1. The van der Waals surface area contributed by atoms with E-state index in [9.17, 15) is 14.4 Å². The van der Waals surface area contributed by atoms with E-state index in [-0.39, 0.29) is 28.9 Å². The SMILES string of the molecule is CCCCCCCCCN1C(=O)CC(SCCNC(=O)C(CC)CCCC)C1=O. The first-order valence-electron chi connectivity index (χ1n) is 11.8. The van der Waals surface area contributed by atoms with Crippen molar-refractivity contribution in [2.75, 3.05) is 18.8 Å². The monoisotopic (exact) mass is 426 g/mol. The summed E-state index contributed by atoms with van der Waals surface area (Å²) in [6, 6.07) is 0. The maximum absolute atomic E-state index is 12.5. The number of nitrogens with zero attached hydrogens (tertiary/aromatic N) is 1. The summed E-state index contributed by atoms with van der Waals surface area (Å²) in [6.07, 6.45) is 12.5. The van der Waals surface area contributed by atoms with Crippen LogP contribution < -0.4 is 5.32 Å². The number of thioether (sulfide) groups is 1. The van der Waals surface area contributed by atoms with Crippen LogP contribution in [0.4, 0.5) is 0 Å². The van der Waals surface area contributed by atoms with Crippen molar-refractivity contribution in [3.8, 4) is 0 Å². The Balaban J connectivity index is 2.21. The van der Waals surface area contributed by atoms with Gasteiger partial charge in [0.15, 0.2) is 0 Å². The second kappa shape index (κ2) is 15.8. The van der Waals surface area contributed by atoms with Crippen LogP contribution in [-0.4, -0.2) is 46.7 Å². The van der Waals surface area contributed by atoms with E-state index in [0.29, 0.717) is 25.3 Å². The minimum Gasteiger partial charge on any atom is -0.355 e. The van der Waals surface area contributed by atoms with Crippen molar-refractivity contribution < 1.29 is 14.4 Å². The average molecular weight is 427 g/mol. The van der Waals surface area contributed by atoms with Gasteiger partial charge < -0.3 is 5.32 Å². The van der Waals surface area contributed by atoms with Crippen molar-refractivity contribution in [2.45, 2.75) is 103 Å². The Morgan fingerprint density at radius 3 is 2.34 bits per heavy atom. The number of likely N-dealkylation sites (tertiary alicyclic amines) is 1. The van der Waals surface area contributed by atoms with Crippen molar-refractivity contribution in [3.05, 3.63) is 0 Å². The Morgan fingerprint density at radius 2 is 1.69 bits per heavy atom. The molecule has 0 spiro atoms. The molecule has 1 fully saturated rings. The number of hydrogen-bond donors (Lipinski definition) is 1. The predicted octanol–water partition coefficient (Wildman–Crippen LogP) is 4.93. The van der Waals surface area contributed by atoms with E-state index in [2.05, 4.69) is 26.1 Å². The molecule has 0 aromatic heterocycles. The molecule has 1 aliphatic rings. The first-order chi connectivity index (χ1) is 14.0. The molecular weight excluding hydrogens is 384 g/mol. The smallest absolute Gasteiger partial charge is 0.242 e. The molecule has 168 valence electrons. The summed E-state index contributed by atoms with van der Waals surface area (Å²) >= 11 is 1.50. The third-order valence-electron chi connectivity index (χ3n) is 5.68. The molecule has 1 heterocycles. The molecule has 0 aliphatic carbocycles. The van der Waals surface area contributed by atoms with Crippen LogP contribution in [0.25, 0.3) is 0 Å². The Morgan fingerprint density at radius 1 is 1.03 bits per heavy atom. The zero-order valence-corrected chi connectivity index (χ0v) is 19.7. The quantitative estimate of drug-likeness (QED) is 0.264. The van der Waals surface area contributed by atoms with E-state index in [1.165, 1.54) is 48.8 Å². The van der Waals surface area contributed by atoms with Gasteiger partial charge in [-0.25, -0.2) is 0 Å². The third-order valence-corrected chi connectivity index (χ3v) is 6.89. The van der Waals surface area contributed by atoms with Gasteiger partial charge in [-0.05, 0) is 19.3 Å². The highest BCUT2D eigenvalue weighted by Crippen LogP contribution is 2.25. The van der Waals surface area contributed by atoms with E-state index in [4.69, 9.17) is 0 Å². The van der Waals surface area contributed by atoms with E-state index in [1.54, 1.807) is 0 Å². The summed E-state index contributed by atoms with van der Waals surface area (Å²) in [6.45, 7) is 7.52. The van der Waals surface area contributed by atoms with Gasteiger partial charge in [0.05, 0.1) is 5.25 Å². The summed E-state index contributed by atoms with van der Waals surface area (Å²) in [5, 5.41) is 2.72. The summed E-state index contributed by atoms with van der Waals surface area (Å²) in [4.78, 5) is 38.4. The van der Waals surface area contributed by atoms with Gasteiger partial charge in [-0.2, -0.15) is 0 Å². The van der Waals surface area contributed by atoms with Gasteiger partial charge in [-0.3, -0.25) is 19.3 Å². The molecule has 5 nitrogen and oxygen atoms in total. The number of rotatable bonds is 17. The Hall–Kier alpha value is -1.04. The fourth-order valence-electron chi connectivity index (χ4n) is 3.74. The Labute approximate surface area is 182 Å². The van der Waals surface area contributed by atoms with Crippen LogP contribution in [0.3, 0.4) is 0 Å². The molecule has 2 atom stereocenters. The summed E-state index contributed by atoms with van der Waals surface area (Å²) < 4.78 is 0. The van der Waals surface area contributed by atoms with Crippen LogP contribution in [0.15, 0.2) is 0 Å². The highest BCUT2D eigenvalue weighted by Gasteiger charge is 2.38. The van der Waals surface area contributed by atoms with Crippen molar-refractivity contribution >= 4 is 29.5 Å². The molecule has 2 unspecified atom stereocenters. The normalized spacial score (nSPS) is 17.8. The van der Waals surface area contributed by atoms with Crippen LogP contribution in [0.2, 0.25) is 0 Å². The number of hydrogen-bond acceptors (Lipinski definition) is 4. The van der Waals surface area contributed by atoms with Gasteiger partial charge in [0.2, 0.25) is 17.7 Å². The minimum atomic E-state index is -0.272. The number of amides is 3. The van der Waals surface area contributed by atoms with E-state index >= 15 is 0 Å². The van der Waals surface area contributed by atoms with Crippen LogP contribution >= 0.6 is 11.8 Å². The molecule has 1 aliphatic heterocycles. The van der Waals surface area contributed by atoms with Crippen LogP contribution in [0, 0.1) is 5.92 Å². The summed E-state index contributed by atoms with van der Waals surface area (Å²) in [7, 11) is 0. The predicted molar refractivity (Wildman–Crippen MR) is 122 cm³/mol. The Bertz CT molecular complexity index is 499. The maximum atomic E-state index is 12.5. The van der Waals surface area contributed by atoms with Crippen LogP contribution in [0.5, 0.6) is 0 Å². The number of imide groups is 1. The molecule has 1 N–H and O–H groups in total. The fourth-order valence-corrected chi connectivity index (χ4v) is 4.77. The van der Waals surface area contributed by atoms with Gasteiger partial charge >= 0.3 is 0 Å². The third kappa shape index (κ3) is 10.0. The summed E-state index contributed by atoms with van der Waals surface area (Å²) in [5.41, 5.74) is 0. The van der Waals surface area contributed by atoms with E-state index in [1.807, 2.05) is 0 Å². The zero-order valence-electron chi connectivity index (χ0n) is 18.8. The first-order valence-corrected chi connectivity index (χ1v) is 12.8. The average Bonchev–Trinajstić information content (AvgIpc) is 2.98. The molecular formula is C23H42N2O3S. The van der Waals surface area contributed by atoms with Gasteiger partial charge in [0.25, 0.3) is 0 Å². The van der Waals surface area contributed by atoms with Gasteiger partial charge in [-0.1, -0.05) is 72.1 Å². The van der Waals surface area contributed by atoms with Gasteiger partial charge in [0.1, 0.15) is 0 Å². The molecule has 1 rings (SSSR count). The van der Waals surface area contributed by atoms with Crippen molar-refractivity contribution in [3.63, 3.8) is 0 Å². The molecule has 0 bridgehead atoms. The molecule has 0 aromatic carbocycles. The van der Waals surface area contributed by atoms with E-state index < -0.39 is 0 Å². The molecule has 1 saturated heterocycles. The molecule has 3 amide bonds.